The number of rotatable bonds is 4. The van der Waals surface area contributed by atoms with Crippen LogP contribution < -0.4 is 5.73 Å². The number of aromatic nitrogens is 3. The van der Waals surface area contributed by atoms with Crippen LogP contribution in [0.3, 0.4) is 0 Å². The van der Waals surface area contributed by atoms with Gasteiger partial charge >= 0.3 is 0 Å². The lowest BCUT2D eigenvalue weighted by molar-refractivity contribution is -0.133. The second kappa shape index (κ2) is 5.77. The third-order valence-corrected chi connectivity index (χ3v) is 3.23. The highest BCUT2D eigenvalue weighted by molar-refractivity contribution is 5.76. The molecule has 1 aliphatic rings. The molecule has 1 fully saturated rings. The summed E-state index contributed by atoms with van der Waals surface area (Å²) in [5.74, 6) is 0.665. The Hall–Kier alpha value is -1.43. The van der Waals surface area contributed by atoms with Gasteiger partial charge in [-0.25, -0.2) is 4.98 Å². The van der Waals surface area contributed by atoms with Crippen molar-refractivity contribution in [3.05, 3.63) is 12.7 Å². The molecule has 0 aromatic carbocycles. The van der Waals surface area contributed by atoms with Crippen LogP contribution in [0.4, 0.5) is 0 Å². The minimum Gasteiger partial charge on any atom is -0.342 e. The summed E-state index contributed by atoms with van der Waals surface area (Å²) < 4.78 is 1.68. The predicted octanol–water partition coefficient (Wildman–Crippen LogP) is -0.135. The lowest BCUT2D eigenvalue weighted by atomic mass is 9.98. The normalized spacial score (nSPS) is 20.5. The van der Waals surface area contributed by atoms with Crippen molar-refractivity contribution < 1.29 is 4.79 Å². The third kappa shape index (κ3) is 3.26. The van der Waals surface area contributed by atoms with Gasteiger partial charge in [-0.1, -0.05) is 0 Å². The van der Waals surface area contributed by atoms with Crippen molar-refractivity contribution >= 4 is 5.91 Å². The first kappa shape index (κ1) is 12.0. The van der Waals surface area contributed by atoms with E-state index < -0.39 is 0 Å². The molecule has 6 nitrogen and oxygen atoms in total. The first-order chi connectivity index (χ1) is 8.29. The summed E-state index contributed by atoms with van der Waals surface area (Å²) in [5.41, 5.74) is 5.66. The molecule has 0 bridgehead atoms. The molecule has 17 heavy (non-hydrogen) atoms. The van der Waals surface area contributed by atoms with Gasteiger partial charge in [-0.05, 0) is 25.3 Å². The number of hydrogen-bond donors (Lipinski definition) is 1. The number of carbonyl (C=O) groups is 1. The van der Waals surface area contributed by atoms with Crippen molar-refractivity contribution in [1.82, 2.24) is 19.7 Å². The fraction of sp³-hybridized carbons (Fsp3) is 0.727. The molecule has 1 amide bonds. The zero-order chi connectivity index (χ0) is 12.1. The quantitative estimate of drug-likeness (QED) is 0.791. The molecular weight excluding hydrogens is 218 g/mol. The van der Waals surface area contributed by atoms with Gasteiger partial charge in [-0.2, -0.15) is 5.10 Å². The molecule has 1 aromatic rings. The molecule has 2 N–H and O–H groups in total. The van der Waals surface area contributed by atoms with Crippen LogP contribution in [0.15, 0.2) is 12.7 Å². The molecule has 1 saturated heterocycles. The minimum atomic E-state index is 0.193. The highest BCUT2D eigenvalue weighted by atomic mass is 16.2. The van der Waals surface area contributed by atoms with Crippen molar-refractivity contribution in [2.75, 3.05) is 19.6 Å². The van der Waals surface area contributed by atoms with Crippen LogP contribution in [0.1, 0.15) is 19.3 Å². The van der Waals surface area contributed by atoms with Crippen molar-refractivity contribution in [2.24, 2.45) is 11.7 Å². The lowest BCUT2D eigenvalue weighted by Crippen LogP contribution is -2.42. The van der Waals surface area contributed by atoms with E-state index in [2.05, 4.69) is 10.1 Å². The summed E-state index contributed by atoms with van der Waals surface area (Å²) in [5, 5.41) is 3.98. The van der Waals surface area contributed by atoms with Gasteiger partial charge in [0.25, 0.3) is 0 Å². The second-order valence-electron chi connectivity index (χ2n) is 4.49. The van der Waals surface area contributed by atoms with Crippen LogP contribution in [0.2, 0.25) is 0 Å². The fourth-order valence-corrected chi connectivity index (χ4v) is 2.20. The van der Waals surface area contributed by atoms with Gasteiger partial charge in [0, 0.05) is 19.5 Å². The molecule has 94 valence electrons. The van der Waals surface area contributed by atoms with Crippen LogP contribution in [-0.4, -0.2) is 45.2 Å². The van der Waals surface area contributed by atoms with E-state index in [1.165, 1.54) is 6.33 Å². The molecule has 0 radical (unpaired) electrons. The molecule has 6 heteroatoms. The Morgan fingerprint density at radius 2 is 2.41 bits per heavy atom. The summed E-state index contributed by atoms with van der Waals surface area (Å²) in [6.45, 7) is 2.95. The van der Waals surface area contributed by atoms with E-state index in [0.29, 0.717) is 25.4 Å². The number of carbonyl (C=O) groups excluding carboxylic acids is 1. The molecule has 2 heterocycles. The van der Waals surface area contributed by atoms with Crippen LogP contribution in [0, 0.1) is 5.92 Å². The topological polar surface area (TPSA) is 77.0 Å². The standard InChI is InChI=1S/C11H19N5O/c12-6-10-2-1-4-15(7-10)11(17)3-5-16-9-13-8-14-16/h8-10H,1-7,12H2. The number of amides is 1. The largest absolute Gasteiger partial charge is 0.342 e. The zero-order valence-corrected chi connectivity index (χ0v) is 9.96. The summed E-state index contributed by atoms with van der Waals surface area (Å²) >= 11 is 0. The third-order valence-electron chi connectivity index (χ3n) is 3.23. The van der Waals surface area contributed by atoms with Crippen molar-refractivity contribution in [2.45, 2.75) is 25.8 Å². The van der Waals surface area contributed by atoms with Gasteiger partial charge < -0.3 is 10.6 Å². The lowest BCUT2D eigenvalue weighted by Gasteiger charge is -2.32. The van der Waals surface area contributed by atoms with Crippen LogP contribution >= 0.6 is 0 Å². The molecular formula is C11H19N5O. The van der Waals surface area contributed by atoms with E-state index in [1.54, 1.807) is 11.0 Å². The average molecular weight is 237 g/mol. The van der Waals surface area contributed by atoms with Gasteiger partial charge in [-0.3, -0.25) is 9.48 Å². The van der Waals surface area contributed by atoms with Gasteiger partial charge in [-0.15, -0.1) is 0 Å². The predicted molar refractivity (Wildman–Crippen MR) is 63.0 cm³/mol. The van der Waals surface area contributed by atoms with E-state index in [0.717, 1.165) is 25.9 Å². The molecule has 0 aliphatic carbocycles. The van der Waals surface area contributed by atoms with E-state index in [-0.39, 0.29) is 5.91 Å². The maximum atomic E-state index is 12.0. The maximum absolute atomic E-state index is 12.0. The highest BCUT2D eigenvalue weighted by Gasteiger charge is 2.22. The summed E-state index contributed by atoms with van der Waals surface area (Å²) in [4.78, 5) is 17.8. The Morgan fingerprint density at radius 3 is 3.12 bits per heavy atom. The Bertz CT molecular complexity index is 351. The zero-order valence-electron chi connectivity index (χ0n) is 9.96. The fourth-order valence-electron chi connectivity index (χ4n) is 2.20. The number of likely N-dealkylation sites (tertiary alicyclic amines) is 1. The van der Waals surface area contributed by atoms with Gasteiger partial charge in [0.15, 0.2) is 0 Å². The summed E-state index contributed by atoms with van der Waals surface area (Å²) in [7, 11) is 0. The smallest absolute Gasteiger partial charge is 0.224 e. The molecule has 1 aliphatic heterocycles. The Balaban J connectivity index is 1.79. The molecule has 1 atom stereocenters. The minimum absolute atomic E-state index is 0.193. The Labute approximate surface area is 101 Å². The second-order valence-corrected chi connectivity index (χ2v) is 4.49. The van der Waals surface area contributed by atoms with E-state index in [9.17, 15) is 4.79 Å². The van der Waals surface area contributed by atoms with E-state index in [4.69, 9.17) is 5.73 Å². The summed E-state index contributed by atoms with van der Waals surface area (Å²) in [6.07, 6.45) is 5.81. The molecule has 1 unspecified atom stereocenters. The van der Waals surface area contributed by atoms with Crippen LogP contribution in [0.25, 0.3) is 0 Å². The average Bonchev–Trinajstić information content (AvgIpc) is 2.89. The van der Waals surface area contributed by atoms with Crippen molar-refractivity contribution in [3.8, 4) is 0 Å². The van der Waals surface area contributed by atoms with Crippen LogP contribution in [-0.2, 0) is 11.3 Å². The first-order valence-electron chi connectivity index (χ1n) is 6.10. The number of nitrogens with zero attached hydrogens (tertiary/aromatic N) is 4. The van der Waals surface area contributed by atoms with Gasteiger partial charge in [0.2, 0.25) is 5.91 Å². The molecule has 2 rings (SSSR count). The van der Waals surface area contributed by atoms with E-state index >= 15 is 0 Å². The Morgan fingerprint density at radius 1 is 1.53 bits per heavy atom. The number of aryl methyl sites for hydroxylation is 1. The maximum Gasteiger partial charge on any atom is 0.224 e. The summed E-state index contributed by atoms with van der Waals surface area (Å²) in [6, 6.07) is 0. The van der Waals surface area contributed by atoms with Gasteiger partial charge in [0.1, 0.15) is 12.7 Å². The number of hydrogen-bond acceptors (Lipinski definition) is 4. The van der Waals surface area contributed by atoms with Gasteiger partial charge in [0.05, 0.1) is 6.54 Å². The monoisotopic (exact) mass is 237 g/mol. The van der Waals surface area contributed by atoms with Crippen molar-refractivity contribution in [3.63, 3.8) is 0 Å². The number of nitrogens with two attached hydrogens (primary N) is 1. The Kier molecular flexibility index (Phi) is 4.08. The van der Waals surface area contributed by atoms with Crippen LogP contribution in [0.5, 0.6) is 0 Å². The first-order valence-corrected chi connectivity index (χ1v) is 6.10. The van der Waals surface area contributed by atoms with Crippen molar-refractivity contribution in [1.29, 1.82) is 0 Å². The molecule has 0 saturated carbocycles. The molecule has 0 spiro atoms. The highest BCUT2D eigenvalue weighted by Crippen LogP contribution is 2.15. The number of piperidine rings is 1. The molecule has 1 aromatic heterocycles. The SMILES string of the molecule is NCC1CCCN(C(=O)CCn2cncn2)C1. The van der Waals surface area contributed by atoms with E-state index in [1.807, 2.05) is 4.90 Å².